The lowest BCUT2D eigenvalue weighted by atomic mass is 9.44. The van der Waals surface area contributed by atoms with Gasteiger partial charge in [0, 0.05) is 49.0 Å². The van der Waals surface area contributed by atoms with E-state index in [4.69, 9.17) is 23.7 Å². The summed E-state index contributed by atoms with van der Waals surface area (Å²) in [5.41, 5.74) is -1.00. The van der Waals surface area contributed by atoms with Gasteiger partial charge in [-0.05, 0) is 92.7 Å². The van der Waals surface area contributed by atoms with Gasteiger partial charge in [-0.15, -0.1) is 0 Å². The van der Waals surface area contributed by atoms with E-state index in [1.165, 1.54) is 11.6 Å². The van der Waals surface area contributed by atoms with Crippen LogP contribution in [0.2, 0.25) is 0 Å². The Morgan fingerprint density at radius 1 is 1.04 bits per heavy atom. The molecule has 0 aromatic heterocycles. The summed E-state index contributed by atoms with van der Waals surface area (Å²) in [5.74, 6) is -2.00. The molecular weight excluding hydrogens is 698 g/mol. The molecule has 5 fully saturated rings. The average Bonchev–Trinajstić information content (AvgIpc) is 3.27. The highest BCUT2D eigenvalue weighted by atomic mass is 16.6. The van der Waals surface area contributed by atoms with Crippen LogP contribution in [0.4, 0.5) is 0 Å². The van der Waals surface area contributed by atoms with E-state index in [0.717, 1.165) is 24.8 Å². The van der Waals surface area contributed by atoms with Crippen LogP contribution in [0.25, 0.3) is 6.08 Å². The Morgan fingerprint density at radius 3 is 2.45 bits per heavy atom. The van der Waals surface area contributed by atoms with Crippen LogP contribution in [0, 0.1) is 17.8 Å². The van der Waals surface area contributed by atoms with E-state index in [-0.39, 0.29) is 41.0 Å². The molecule has 298 valence electrons. The fraction of sp³-hybridized carbons (Fsp3) is 0.622. The van der Waals surface area contributed by atoms with E-state index in [9.17, 15) is 9.90 Å². The number of aromatic hydroxyl groups is 1. The molecule has 7 aliphatic rings. The van der Waals surface area contributed by atoms with Crippen molar-refractivity contribution in [2.45, 2.75) is 129 Å². The zero-order chi connectivity index (χ0) is 39.5. The van der Waals surface area contributed by atoms with E-state index in [1.54, 1.807) is 6.08 Å². The van der Waals surface area contributed by atoms with Crippen LogP contribution in [0.3, 0.4) is 0 Å². The number of phenols is 1. The van der Waals surface area contributed by atoms with Gasteiger partial charge in [0.25, 0.3) is 0 Å². The first-order chi connectivity index (χ1) is 26.1. The summed E-state index contributed by atoms with van der Waals surface area (Å²) in [6, 6.07) is -0.483. The molecular formula is C45H59NO9. The van der Waals surface area contributed by atoms with Crippen molar-refractivity contribution in [1.82, 2.24) is 4.90 Å². The molecule has 1 spiro atoms. The van der Waals surface area contributed by atoms with Crippen LogP contribution >= 0.6 is 0 Å². The predicted octanol–water partition coefficient (Wildman–Crippen LogP) is 7.50. The summed E-state index contributed by atoms with van der Waals surface area (Å²) >= 11 is 0. The van der Waals surface area contributed by atoms with Gasteiger partial charge in [0.05, 0.1) is 36.9 Å². The van der Waals surface area contributed by atoms with Crippen molar-refractivity contribution in [2.75, 3.05) is 32.9 Å². The molecule has 2 saturated heterocycles. The van der Waals surface area contributed by atoms with Crippen LogP contribution in [0.1, 0.15) is 115 Å². The van der Waals surface area contributed by atoms with E-state index >= 15 is 9.59 Å². The number of phenolic OH excluding ortho intramolecular Hbond substituents is 1. The van der Waals surface area contributed by atoms with Gasteiger partial charge < -0.3 is 28.8 Å². The number of ether oxygens (including phenoxy) is 5. The lowest BCUT2D eigenvalue weighted by molar-refractivity contribution is -0.215. The predicted molar refractivity (Wildman–Crippen MR) is 209 cm³/mol. The summed E-state index contributed by atoms with van der Waals surface area (Å²) in [7, 11) is 0. The van der Waals surface area contributed by atoms with E-state index < -0.39 is 46.3 Å². The molecule has 10 heteroatoms. The second-order valence-corrected chi connectivity index (χ2v) is 17.6. The van der Waals surface area contributed by atoms with Crippen LogP contribution in [0.5, 0.6) is 17.2 Å². The molecule has 1 N–H and O–H groups in total. The number of carbonyl (C=O) groups excluding carboxylic acids is 3. The van der Waals surface area contributed by atoms with Gasteiger partial charge in [0.15, 0.2) is 22.8 Å². The number of unbranched alkanes of at least 4 members (excludes halogenated alkanes) is 1. The number of hydrogen-bond donors (Lipinski definition) is 1. The number of benzene rings is 1. The van der Waals surface area contributed by atoms with E-state index in [2.05, 4.69) is 30.9 Å². The molecule has 7 atom stereocenters. The van der Waals surface area contributed by atoms with Crippen molar-refractivity contribution in [2.24, 2.45) is 17.8 Å². The minimum Gasteiger partial charge on any atom is -0.506 e. The summed E-state index contributed by atoms with van der Waals surface area (Å²) in [6.07, 6.45) is 15.2. The molecule has 55 heavy (non-hydrogen) atoms. The summed E-state index contributed by atoms with van der Waals surface area (Å²) in [5, 5.41) is 12.2. The molecule has 1 aromatic rings. The molecule has 0 radical (unpaired) electrons. The summed E-state index contributed by atoms with van der Waals surface area (Å²) in [6.45, 7) is 18.6. The highest BCUT2D eigenvalue weighted by Gasteiger charge is 2.85. The van der Waals surface area contributed by atoms with Crippen molar-refractivity contribution in [1.29, 1.82) is 0 Å². The third-order valence-corrected chi connectivity index (χ3v) is 12.9. The number of ketones is 2. The van der Waals surface area contributed by atoms with Crippen molar-refractivity contribution in [3.8, 4) is 17.2 Å². The lowest BCUT2D eigenvalue weighted by Gasteiger charge is -2.64. The molecule has 4 aliphatic heterocycles. The molecule has 3 aliphatic carbocycles. The molecule has 8 rings (SSSR count). The number of hydrogen-bond acceptors (Lipinski definition) is 10. The number of nitrogens with zero attached hydrogens (tertiary/aromatic N) is 1. The number of fused-ring (bicyclic) bond motifs is 2. The zero-order valence-electron chi connectivity index (χ0n) is 33.9. The first-order valence-corrected chi connectivity index (χ1v) is 20.3. The summed E-state index contributed by atoms with van der Waals surface area (Å²) < 4.78 is 32.6. The normalized spacial score (nSPS) is 32.7. The van der Waals surface area contributed by atoms with E-state index in [1.807, 2.05) is 53.7 Å². The number of allylic oxidation sites excluding steroid dienone is 4. The van der Waals surface area contributed by atoms with Crippen LogP contribution in [-0.4, -0.2) is 88.9 Å². The maximum atomic E-state index is 15.7. The largest absolute Gasteiger partial charge is 0.506 e. The van der Waals surface area contributed by atoms with Crippen molar-refractivity contribution >= 4 is 23.6 Å². The average molecular weight is 758 g/mol. The van der Waals surface area contributed by atoms with Crippen LogP contribution in [-0.2, 0) is 30.2 Å². The van der Waals surface area contributed by atoms with Crippen molar-refractivity contribution in [3.63, 3.8) is 0 Å². The lowest BCUT2D eigenvalue weighted by Crippen LogP contribution is -2.82. The topological polar surface area (TPSA) is 121 Å². The van der Waals surface area contributed by atoms with E-state index in [0.29, 0.717) is 69.0 Å². The fourth-order valence-corrected chi connectivity index (χ4v) is 10.4. The minimum absolute atomic E-state index is 0.0297. The number of rotatable bonds is 12. The zero-order valence-corrected chi connectivity index (χ0v) is 33.9. The quantitative estimate of drug-likeness (QED) is 0.0994. The monoisotopic (exact) mass is 757 g/mol. The SMILES string of the molecule is CCCCOC(=O)/C=C/C[C@]12OC(C)(C)C3C[C@H](C1=O)C(N1CCOCC1)C1C(=O)c4c(O)c5c(c(CC=C(C)C)c4O[C@]132)O[C@](C)(CCC=C(C)C)C=C5. The fourth-order valence-electron chi connectivity index (χ4n) is 10.4. The van der Waals surface area contributed by atoms with Crippen molar-refractivity contribution in [3.05, 3.63) is 58.2 Å². The third-order valence-electron chi connectivity index (χ3n) is 12.9. The maximum absolute atomic E-state index is 15.7. The first kappa shape index (κ1) is 39.5. The summed E-state index contributed by atoms with van der Waals surface area (Å²) in [4.78, 5) is 46.0. The molecule has 10 nitrogen and oxygen atoms in total. The number of Topliss-reactive ketones (excluding diaryl/α,β-unsaturated/α-hetero) is 2. The number of carbonyl (C=O) groups is 3. The van der Waals surface area contributed by atoms with Gasteiger partial charge in [-0.2, -0.15) is 0 Å². The van der Waals surface area contributed by atoms with Gasteiger partial charge in [-0.1, -0.05) is 42.7 Å². The maximum Gasteiger partial charge on any atom is 0.330 e. The Balaban J connectivity index is 1.43. The molecule has 4 bridgehead atoms. The second-order valence-electron chi connectivity index (χ2n) is 17.6. The highest BCUT2D eigenvalue weighted by Crippen LogP contribution is 2.71. The van der Waals surface area contributed by atoms with Crippen LogP contribution < -0.4 is 9.47 Å². The molecule has 3 unspecified atom stereocenters. The third kappa shape index (κ3) is 6.40. The standard InChI is InChI=1S/C45H59NO9/c1-9-10-23-52-33(47)14-12-19-44-41(50)31-26-32(42(6,7)55-44)45(44)35(36(31)46-21-24-51-25-22-46)38(49)34-37(48)29-17-20-43(8,18-11-13-27(2)3)53-39(29)30(40(34)54-45)16-15-28(4)5/h12-15,17,20,31-32,35-36,48H,9-11,16,18-19,21-26H2,1-8H3/b14-12+/t31-,32?,35?,36?,43+,44-,45-/m0/s1. The number of esters is 1. The Morgan fingerprint density at radius 2 is 1.76 bits per heavy atom. The Bertz CT molecular complexity index is 1860. The smallest absolute Gasteiger partial charge is 0.330 e. The Hall–Kier alpha value is -3.73. The Labute approximate surface area is 325 Å². The molecule has 1 aromatic carbocycles. The first-order valence-electron chi connectivity index (χ1n) is 20.3. The van der Waals surface area contributed by atoms with Crippen LogP contribution in [0.15, 0.2) is 41.5 Å². The molecule has 0 amide bonds. The molecule has 4 heterocycles. The molecule has 3 saturated carbocycles. The minimum atomic E-state index is -1.58. The van der Waals surface area contributed by atoms with Gasteiger partial charge >= 0.3 is 5.97 Å². The van der Waals surface area contributed by atoms with Crippen molar-refractivity contribution < 1.29 is 43.2 Å². The van der Waals surface area contributed by atoms with Gasteiger partial charge in [0.1, 0.15) is 28.4 Å². The van der Waals surface area contributed by atoms with Gasteiger partial charge in [-0.25, -0.2) is 4.79 Å². The number of morpholine rings is 1. The van der Waals surface area contributed by atoms with Gasteiger partial charge in [-0.3, -0.25) is 14.5 Å². The highest BCUT2D eigenvalue weighted by molar-refractivity contribution is 6.10. The second kappa shape index (κ2) is 14.6. The Kier molecular flexibility index (Phi) is 10.5. The van der Waals surface area contributed by atoms with Gasteiger partial charge in [0.2, 0.25) is 0 Å².